The number of imidazole rings is 1. The number of nitro groups is 1. The zero-order valence-electron chi connectivity index (χ0n) is 13.1. The molecule has 0 saturated carbocycles. The van der Waals surface area contributed by atoms with Gasteiger partial charge in [0, 0.05) is 18.1 Å². The third kappa shape index (κ3) is 3.69. The number of nitrogens with one attached hydrogen (secondary N) is 1. The molecule has 1 N–H and O–H groups in total. The quantitative estimate of drug-likeness (QED) is 0.556. The summed E-state index contributed by atoms with van der Waals surface area (Å²) >= 11 is 5.93. The van der Waals surface area contributed by atoms with Gasteiger partial charge in [0.15, 0.2) is 6.61 Å². The summed E-state index contributed by atoms with van der Waals surface area (Å²) in [6.07, 6.45) is 0. The first-order valence-corrected chi connectivity index (χ1v) is 7.61. The van der Waals surface area contributed by atoms with Crippen LogP contribution in [-0.4, -0.2) is 27.0 Å². The number of benzene rings is 2. The van der Waals surface area contributed by atoms with Crippen LogP contribution in [-0.2, 0) is 11.8 Å². The zero-order valence-corrected chi connectivity index (χ0v) is 13.9. The number of amides is 1. The van der Waals surface area contributed by atoms with Crippen molar-refractivity contribution in [1.29, 1.82) is 0 Å². The summed E-state index contributed by atoms with van der Waals surface area (Å²) in [4.78, 5) is 26.6. The fourth-order valence-corrected chi connectivity index (χ4v) is 2.45. The van der Waals surface area contributed by atoms with E-state index in [-0.39, 0.29) is 18.0 Å². The first-order valence-electron chi connectivity index (χ1n) is 7.23. The van der Waals surface area contributed by atoms with Crippen LogP contribution in [0.1, 0.15) is 0 Å². The molecular weight excluding hydrogens is 348 g/mol. The highest BCUT2D eigenvalue weighted by atomic mass is 35.5. The number of non-ortho nitro benzene ring substituents is 1. The lowest BCUT2D eigenvalue weighted by molar-refractivity contribution is -0.384. The first-order chi connectivity index (χ1) is 11.9. The molecule has 0 aliphatic rings. The molecule has 0 fully saturated rings. The number of hydrogen-bond acceptors (Lipinski definition) is 5. The van der Waals surface area contributed by atoms with E-state index in [9.17, 15) is 14.9 Å². The molecule has 0 unspecified atom stereocenters. The van der Waals surface area contributed by atoms with Gasteiger partial charge in [0.2, 0.25) is 5.95 Å². The van der Waals surface area contributed by atoms with E-state index in [4.69, 9.17) is 16.3 Å². The van der Waals surface area contributed by atoms with Gasteiger partial charge in [0.05, 0.1) is 22.0 Å². The number of hydrogen-bond donors (Lipinski definition) is 1. The minimum absolute atomic E-state index is 0.106. The molecule has 1 amide bonds. The van der Waals surface area contributed by atoms with E-state index in [0.717, 1.165) is 5.52 Å². The van der Waals surface area contributed by atoms with Crippen molar-refractivity contribution in [2.45, 2.75) is 0 Å². The van der Waals surface area contributed by atoms with E-state index in [0.29, 0.717) is 16.5 Å². The zero-order chi connectivity index (χ0) is 18.0. The number of rotatable bonds is 5. The van der Waals surface area contributed by atoms with E-state index < -0.39 is 10.8 Å². The lowest BCUT2D eigenvalue weighted by atomic mass is 10.3. The van der Waals surface area contributed by atoms with Gasteiger partial charge < -0.3 is 9.30 Å². The lowest BCUT2D eigenvalue weighted by Crippen LogP contribution is -2.22. The molecule has 0 radical (unpaired) electrons. The van der Waals surface area contributed by atoms with Crippen LogP contribution in [0.4, 0.5) is 11.6 Å². The molecule has 25 heavy (non-hydrogen) atoms. The van der Waals surface area contributed by atoms with Gasteiger partial charge >= 0.3 is 0 Å². The van der Waals surface area contributed by atoms with Gasteiger partial charge in [-0.2, -0.15) is 0 Å². The van der Waals surface area contributed by atoms with E-state index in [1.807, 2.05) is 0 Å². The number of carbonyl (C=O) groups is 1. The van der Waals surface area contributed by atoms with Crippen molar-refractivity contribution in [1.82, 2.24) is 9.55 Å². The highest BCUT2D eigenvalue weighted by Crippen LogP contribution is 2.22. The predicted octanol–water partition coefficient (Wildman–Crippen LogP) is 3.15. The molecule has 2 aromatic carbocycles. The molecule has 9 heteroatoms. The molecule has 0 aliphatic carbocycles. The van der Waals surface area contributed by atoms with Crippen LogP contribution in [0.2, 0.25) is 5.02 Å². The van der Waals surface area contributed by atoms with Crippen LogP contribution >= 0.6 is 11.6 Å². The van der Waals surface area contributed by atoms with E-state index >= 15 is 0 Å². The first kappa shape index (κ1) is 16.7. The number of nitrogens with zero attached hydrogens (tertiary/aromatic N) is 3. The topological polar surface area (TPSA) is 99.3 Å². The molecular formula is C16H13ClN4O4. The molecule has 8 nitrogen and oxygen atoms in total. The number of fused-ring (bicyclic) bond motifs is 1. The standard InChI is InChI=1S/C16H13ClN4O4/c1-20-14-6-5-10(17)7-13(14)18-16(20)19-15(22)9-25-12-4-2-3-11(8-12)21(23)24/h2-8H,9H2,1H3,(H,18,19,22). The van der Waals surface area contributed by atoms with Gasteiger partial charge in [-0.05, 0) is 24.3 Å². The highest BCUT2D eigenvalue weighted by molar-refractivity contribution is 6.31. The lowest BCUT2D eigenvalue weighted by Gasteiger charge is -2.07. The van der Waals surface area contributed by atoms with Crippen molar-refractivity contribution in [3.8, 4) is 5.75 Å². The fourth-order valence-electron chi connectivity index (χ4n) is 2.28. The second-order valence-electron chi connectivity index (χ2n) is 5.22. The van der Waals surface area contributed by atoms with Crippen molar-refractivity contribution in [2.24, 2.45) is 7.05 Å². The Morgan fingerprint density at radius 1 is 1.36 bits per heavy atom. The number of nitro benzene ring substituents is 1. The molecule has 0 aliphatic heterocycles. The summed E-state index contributed by atoms with van der Waals surface area (Å²) in [6, 6.07) is 10.9. The van der Waals surface area contributed by atoms with Crippen LogP contribution in [0, 0.1) is 10.1 Å². The van der Waals surface area contributed by atoms with Crippen LogP contribution in [0.15, 0.2) is 42.5 Å². The number of aryl methyl sites for hydroxylation is 1. The van der Waals surface area contributed by atoms with Crippen LogP contribution in [0.5, 0.6) is 5.75 Å². The number of carbonyl (C=O) groups excluding carboxylic acids is 1. The summed E-state index contributed by atoms with van der Waals surface area (Å²) in [5.41, 5.74) is 1.37. The van der Waals surface area contributed by atoms with Gasteiger partial charge in [-0.3, -0.25) is 20.2 Å². The van der Waals surface area contributed by atoms with Crippen molar-refractivity contribution in [3.63, 3.8) is 0 Å². The maximum Gasteiger partial charge on any atom is 0.273 e. The monoisotopic (exact) mass is 360 g/mol. The SMILES string of the molecule is Cn1c(NC(=O)COc2cccc([N+](=O)[O-])c2)nc2cc(Cl)ccc21. The number of ether oxygens (including phenoxy) is 1. The molecule has 128 valence electrons. The van der Waals surface area contributed by atoms with Gasteiger partial charge in [0.25, 0.3) is 11.6 Å². The van der Waals surface area contributed by atoms with Gasteiger partial charge in [-0.15, -0.1) is 0 Å². The largest absolute Gasteiger partial charge is 0.484 e. The molecule has 1 heterocycles. The summed E-state index contributed by atoms with van der Waals surface area (Å²) in [7, 11) is 1.76. The third-order valence-corrected chi connectivity index (χ3v) is 3.73. The second-order valence-corrected chi connectivity index (χ2v) is 5.66. The maximum atomic E-state index is 12.1. The normalized spacial score (nSPS) is 10.6. The van der Waals surface area contributed by atoms with Gasteiger partial charge in [-0.25, -0.2) is 4.98 Å². The summed E-state index contributed by atoms with van der Waals surface area (Å²) in [6.45, 7) is -0.300. The Bertz CT molecular complexity index is 970. The second kappa shape index (κ2) is 6.78. The Morgan fingerprint density at radius 3 is 2.92 bits per heavy atom. The van der Waals surface area contributed by atoms with Crippen molar-refractivity contribution in [3.05, 3.63) is 57.6 Å². The van der Waals surface area contributed by atoms with Crippen LogP contribution < -0.4 is 10.1 Å². The number of anilines is 1. The minimum atomic E-state index is -0.530. The average Bonchev–Trinajstić information content (AvgIpc) is 2.88. The van der Waals surface area contributed by atoms with E-state index in [1.54, 1.807) is 29.8 Å². The van der Waals surface area contributed by atoms with Crippen molar-refractivity contribution >= 4 is 40.2 Å². The fraction of sp³-hybridized carbons (Fsp3) is 0.125. The van der Waals surface area contributed by atoms with E-state index in [2.05, 4.69) is 10.3 Å². The Labute approximate surface area is 147 Å². The van der Waals surface area contributed by atoms with Crippen LogP contribution in [0.3, 0.4) is 0 Å². The Morgan fingerprint density at radius 2 is 2.16 bits per heavy atom. The smallest absolute Gasteiger partial charge is 0.273 e. The molecule has 0 atom stereocenters. The third-order valence-electron chi connectivity index (χ3n) is 3.49. The summed E-state index contributed by atoms with van der Waals surface area (Å²) < 4.78 is 7.01. The van der Waals surface area contributed by atoms with E-state index in [1.165, 1.54) is 24.3 Å². The highest BCUT2D eigenvalue weighted by Gasteiger charge is 2.12. The predicted molar refractivity (Wildman–Crippen MR) is 92.9 cm³/mol. The van der Waals surface area contributed by atoms with Gasteiger partial charge in [0.1, 0.15) is 5.75 Å². The molecule has 0 saturated heterocycles. The molecule has 3 aromatic rings. The van der Waals surface area contributed by atoms with Crippen molar-refractivity contribution < 1.29 is 14.5 Å². The summed E-state index contributed by atoms with van der Waals surface area (Å²) in [5.74, 6) is 0.155. The maximum absolute atomic E-state index is 12.1. The molecule has 0 spiro atoms. The van der Waals surface area contributed by atoms with Gasteiger partial charge in [-0.1, -0.05) is 17.7 Å². The van der Waals surface area contributed by atoms with Crippen LogP contribution in [0.25, 0.3) is 11.0 Å². The average molecular weight is 361 g/mol. The number of aromatic nitrogens is 2. The number of halogens is 1. The minimum Gasteiger partial charge on any atom is -0.484 e. The Balaban J connectivity index is 1.68. The molecule has 1 aromatic heterocycles. The Hall–Kier alpha value is -3.13. The molecule has 0 bridgehead atoms. The molecule has 3 rings (SSSR count). The summed E-state index contributed by atoms with van der Waals surface area (Å²) in [5, 5.41) is 13.9. The van der Waals surface area contributed by atoms with Crippen molar-refractivity contribution in [2.75, 3.05) is 11.9 Å². The Kier molecular flexibility index (Phi) is 4.53.